The average Bonchev–Trinajstić information content (AvgIpc) is 2.14. The molecule has 96 valence electrons. The van der Waals surface area contributed by atoms with Crippen molar-refractivity contribution in [1.82, 2.24) is 0 Å². The van der Waals surface area contributed by atoms with Crippen LogP contribution < -0.4 is 0 Å². The second kappa shape index (κ2) is 4.45. The fraction of sp³-hybridized carbons (Fsp3) is 0.625. The third kappa shape index (κ3) is 3.32. The van der Waals surface area contributed by atoms with Gasteiger partial charge in [-0.05, 0) is 38.7 Å². The molecule has 0 heterocycles. The molecule has 0 bridgehead atoms. The summed E-state index contributed by atoms with van der Waals surface area (Å²) in [6.45, 7) is 15.2. The van der Waals surface area contributed by atoms with E-state index in [-0.39, 0.29) is 16.6 Å². The molecule has 1 aromatic rings. The van der Waals surface area contributed by atoms with Gasteiger partial charge < -0.3 is 4.74 Å². The van der Waals surface area contributed by atoms with E-state index in [0.29, 0.717) is 0 Å². The molecule has 1 aromatic carbocycles. The van der Waals surface area contributed by atoms with Crippen molar-refractivity contribution in [3.8, 4) is 0 Å². The Labute approximate surface area is 106 Å². The van der Waals surface area contributed by atoms with Crippen LogP contribution in [0, 0.1) is 5.41 Å². The van der Waals surface area contributed by atoms with Gasteiger partial charge in [-0.15, -0.1) is 0 Å². The maximum Gasteiger partial charge on any atom is 0.0958 e. The van der Waals surface area contributed by atoms with Crippen LogP contribution in [-0.4, -0.2) is 5.60 Å². The van der Waals surface area contributed by atoms with Crippen LogP contribution in [0.25, 0.3) is 0 Å². The predicted octanol–water partition coefficient (Wildman–Crippen LogP) is 4.76. The van der Waals surface area contributed by atoms with Gasteiger partial charge in [0.15, 0.2) is 0 Å². The molecule has 1 atom stereocenters. The summed E-state index contributed by atoms with van der Waals surface area (Å²) in [5.41, 5.74) is 0.842. The summed E-state index contributed by atoms with van der Waals surface area (Å²) in [4.78, 5) is 0. The molecule has 1 heteroatoms. The molecule has 0 unspecified atom stereocenters. The zero-order valence-electron chi connectivity index (χ0n) is 12.3. The molecular formula is C16H26O. The summed E-state index contributed by atoms with van der Waals surface area (Å²) in [6.07, 6.45) is 0. The van der Waals surface area contributed by atoms with Crippen molar-refractivity contribution in [2.45, 2.75) is 59.7 Å². The van der Waals surface area contributed by atoms with Crippen LogP contribution in [0.5, 0.6) is 0 Å². The van der Waals surface area contributed by atoms with Crippen LogP contribution >= 0.6 is 0 Å². The lowest BCUT2D eigenvalue weighted by molar-refractivity contribution is -0.179. The predicted molar refractivity (Wildman–Crippen MR) is 74.1 cm³/mol. The zero-order chi connectivity index (χ0) is 13.3. The van der Waals surface area contributed by atoms with Crippen LogP contribution in [0.1, 0.15) is 54.0 Å². The Morgan fingerprint density at radius 1 is 0.765 bits per heavy atom. The van der Waals surface area contributed by atoms with Gasteiger partial charge in [-0.25, -0.2) is 0 Å². The second-order valence-corrected chi connectivity index (χ2v) is 6.86. The van der Waals surface area contributed by atoms with Crippen molar-refractivity contribution in [3.05, 3.63) is 35.9 Å². The van der Waals surface area contributed by atoms with Gasteiger partial charge in [-0.2, -0.15) is 0 Å². The lowest BCUT2D eigenvalue weighted by atomic mass is 9.73. The molecule has 0 radical (unpaired) electrons. The number of rotatable bonds is 2. The third-order valence-corrected chi connectivity index (χ3v) is 3.27. The first-order valence-electron chi connectivity index (χ1n) is 6.32. The van der Waals surface area contributed by atoms with E-state index in [0.717, 1.165) is 0 Å². The minimum absolute atomic E-state index is 0.0433. The molecule has 1 rings (SSSR count). The van der Waals surface area contributed by atoms with Gasteiger partial charge in [-0.1, -0.05) is 51.1 Å². The van der Waals surface area contributed by atoms with Gasteiger partial charge in [0.25, 0.3) is 0 Å². The van der Waals surface area contributed by atoms with Crippen LogP contribution in [0.15, 0.2) is 30.3 Å². The molecule has 0 aliphatic heterocycles. The smallest absolute Gasteiger partial charge is 0.0958 e. The highest BCUT2D eigenvalue weighted by atomic mass is 16.5. The molecule has 0 spiro atoms. The van der Waals surface area contributed by atoms with Crippen molar-refractivity contribution in [2.75, 3.05) is 0 Å². The Bertz CT molecular complexity index is 353. The summed E-state index contributed by atoms with van der Waals surface area (Å²) in [5.74, 6) is 0. The van der Waals surface area contributed by atoms with E-state index >= 15 is 0 Å². The van der Waals surface area contributed by atoms with Crippen molar-refractivity contribution in [3.63, 3.8) is 0 Å². The van der Waals surface area contributed by atoms with Crippen molar-refractivity contribution in [1.29, 1.82) is 0 Å². The number of benzene rings is 1. The minimum Gasteiger partial charge on any atom is -0.364 e. The molecule has 0 fully saturated rings. The molecule has 0 aliphatic carbocycles. The highest BCUT2D eigenvalue weighted by Crippen LogP contribution is 2.44. The Kier molecular flexibility index (Phi) is 3.73. The lowest BCUT2D eigenvalue weighted by Gasteiger charge is -2.46. The summed E-state index contributed by atoms with van der Waals surface area (Å²) >= 11 is 0. The van der Waals surface area contributed by atoms with E-state index in [1.54, 1.807) is 0 Å². The molecule has 0 saturated heterocycles. The maximum absolute atomic E-state index is 6.38. The van der Waals surface area contributed by atoms with Crippen LogP contribution in [0.2, 0.25) is 0 Å². The zero-order valence-corrected chi connectivity index (χ0v) is 12.3. The Morgan fingerprint density at radius 2 is 1.24 bits per heavy atom. The number of ether oxygens (including phenoxy) is 1. The summed E-state index contributed by atoms with van der Waals surface area (Å²) in [5, 5.41) is 0. The number of hydrogen-bond donors (Lipinski definition) is 0. The lowest BCUT2D eigenvalue weighted by Crippen LogP contribution is -2.44. The summed E-state index contributed by atoms with van der Waals surface area (Å²) in [7, 11) is 0. The maximum atomic E-state index is 6.38. The molecule has 0 aromatic heterocycles. The van der Waals surface area contributed by atoms with E-state index in [2.05, 4.69) is 72.7 Å². The van der Waals surface area contributed by atoms with Gasteiger partial charge in [0.05, 0.1) is 11.2 Å². The van der Waals surface area contributed by atoms with Gasteiger partial charge in [-0.3, -0.25) is 0 Å². The van der Waals surface area contributed by atoms with E-state index in [1.165, 1.54) is 5.56 Å². The molecular weight excluding hydrogens is 208 g/mol. The average molecular weight is 234 g/mol. The number of hydrogen-bond acceptors (Lipinski definition) is 1. The monoisotopic (exact) mass is 234 g/mol. The van der Waals surface area contributed by atoms with Crippen LogP contribution in [-0.2, 0) is 10.3 Å². The Balaban J connectivity index is 3.22. The molecule has 0 amide bonds. The van der Waals surface area contributed by atoms with Gasteiger partial charge in [0.1, 0.15) is 0 Å². The van der Waals surface area contributed by atoms with E-state index in [4.69, 9.17) is 4.74 Å². The molecule has 0 N–H and O–H groups in total. The first-order chi connectivity index (χ1) is 7.56. The van der Waals surface area contributed by atoms with Gasteiger partial charge in [0, 0.05) is 0 Å². The third-order valence-electron chi connectivity index (χ3n) is 3.27. The molecule has 1 nitrogen and oxygen atoms in total. The van der Waals surface area contributed by atoms with Crippen LogP contribution in [0.3, 0.4) is 0 Å². The van der Waals surface area contributed by atoms with Crippen LogP contribution in [0.4, 0.5) is 0 Å². The first-order valence-corrected chi connectivity index (χ1v) is 6.32. The quantitative estimate of drug-likeness (QED) is 0.716. The second-order valence-electron chi connectivity index (χ2n) is 6.86. The Hall–Kier alpha value is -0.820. The SMILES string of the molecule is CC(C)(C)O[C@@](C)(c1ccccc1)C(C)(C)C. The fourth-order valence-electron chi connectivity index (χ4n) is 2.01. The summed E-state index contributed by atoms with van der Waals surface area (Å²) < 4.78 is 6.38. The standard InChI is InChI=1S/C16H26O/c1-14(2,3)16(7,17-15(4,5)6)13-11-9-8-10-12-13/h8-12H,1-7H3/t16-/m0/s1. The minimum atomic E-state index is -0.285. The molecule has 17 heavy (non-hydrogen) atoms. The highest BCUT2D eigenvalue weighted by molar-refractivity contribution is 5.24. The highest BCUT2D eigenvalue weighted by Gasteiger charge is 2.42. The van der Waals surface area contributed by atoms with E-state index < -0.39 is 0 Å². The van der Waals surface area contributed by atoms with Crippen molar-refractivity contribution < 1.29 is 4.74 Å². The normalized spacial score (nSPS) is 16.6. The van der Waals surface area contributed by atoms with E-state index in [9.17, 15) is 0 Å². The summed E-state index contributed by atoms with van der Waals surface area (Å²) in [6, 6.07) is 10.5. The molecule has 0 aliphatic rings. The van der Waals surface area contributed by atoms with Crippen molar-refractivity contribution in [2.24, 2.45) is 5.41 Å². The largest absolute Gasteiger partial charge is 0.364 e. The topological polar surface area (TPSA) is 9.23 Å². The Morgan fingerprint density at radius 3 is 1.59 bits per heavy atom. The first kappa shape index (κ1) is 14.2. The van der Waals surface area contributed by atoms with Crippen molar-refractivity contribution >= 4 is 0 Å². The van der Waals surface area contributed by atoms with Gasteiger partial charge in [0.2, 0.25) is 0 Å². The fourth-order valence-corrected chi connectivity index (χ4v) is 2.01. The molecule has 0 saturated carbocycles. The van der Waals surface area contributed by atoms with E-state index in [1.807, 2.05) is 6.07 Å². The van der Waals surface area contributed by atoms with Gasteiger partial charge >= 0.3 is 0 Å².